The molecule has 0 fully saturated rings. The third kappa shape index (κ3) is 3.06. The minimum atomic E-state index is -0.263. The van der Waals surface area contributed by atoms with Crippen molar-refractivity contribution in [2.75, 3.05) is 5.32 Å². The number of H-pyrrole nitrogens is 2. The highest BCUT2D eigenvalue weighted by Crippen LogP contribution is 2.18. The van der Waals surface area contributed by atoms with Gasteiger partial charge in [-0.1, -0.05) is 18.2 Å². The number of phenolic OH excluding ortho intramolecular Hbond substituents is 1. The molecule has 1 aromatic heterocycles. The fourth-order valence-electron chi connectivity index (χ4n) is 1.93. The first-order chi connectivity index (χ1) is 10.7. The molecule has 22 heavy (non-hydrogen) atoms. The molecular weight excluding hydrogens is 280 g/mol. The van der Waals surface area contributed by atoms with Crippen molar-refractivity contribution >= 4 is 23.4 Å². The summed E-state index contributed by atoms with van der Waals surface area (Å²) < 4.78 is 0. The summed E-state index contributed by atoms with van der Waals surface area (Å²) in [5.41, 5.74) is 1.64. The Bertz CT molecular complexity index is 833. The zero-order chi connectivity index (χ0) is 15.4. The minimum absolute atomic E-state index is 0.171. The Balaban J connectivity index is 1.86. The first-order valence-corrected chi connectivity index (χ1v) is 6.68. The minimum Gasteiger partial charge on any atom is -0.508 e. The van der Waals surface area contributed by atoms with Crippen LogP contribution in [0.15, 0.2) is 64.4 Å². The van der Waals surface area contributed by atoms with Crippen LogP contribution in [-0.2, 0) is 0 Å². The van der Waals surface area contributed by atoms with Crippen molar-refractivity contribution in [3.63, 3.8) is 0 Å². The lowest BCUT2D eigenvalue weighted by molar-refractivity contribution is 0.475. The lowest BCUT2D eigenvalue weighted by atomic mass is 10.3. The molecule has 0 aliphatic heterocycles. The summed E-state index contributed by atoms with van der Waals surface area (Å²) in [5, 5.41) is 17.7. The topological polar surface area (TPSA) is 93.3 Å². The van der Waals surface area contributed by atoms with E-state index >= 15 is 0 Å². The molecule has 1 heterocycles. The molecule has 0 unspecified atom stereocenters. The van der Waals surface area contributed by atoms with Gasteiger partial charge in [-0.2, -0.15) is 0 Å². The second kappa shape index (κ2) is 6.01. The van der Waals surface area contributed by atoms with Crippen LogP contribution in [0.25, 0.3) is 0 Å². The highest BCUT2D eigenvalue weighted by atomic mass is 16.3. The quantitative estimate of drug-likeness (QED) is 0.557. The van der Waals surface area contributed by atoms with E-state index < -0.39 is 0 Å². The molecule has 110 valence electrons. The van der Waals surface area contributed by atoms with Crippen LogP contribution >= 0.6 is 0 Å². The van der Waals surface area contributed by atoms with Gasteiger partial charge >= 0.3 is 0 Å². The number of hydrogen-bond donors (Lipinski definition) is 4. The molecule has 0 saturated carbocycles. The van der Waals surface area contributed by atoms with Crippen LogP contribution in [0.3, 0.4) is 0 Å². The molecular formula is C16H14N4O2. The molecule has 2 aromatic carbocycles. The number of aromatic nitrogens is 2. The van der Waals surface area contributed by atoms with Crippen molar-refractivity contribution in [1.29, 1.82) is 0 Å². The number of nitrogens with one attached hydrogen (secondary N) is 3. The molecule has 6 nitrogen and oxygen atoms in total. The summed E-state index contributed by atoms with van der Waals surface area (Å²) >= 11 is 0. The Morgan fingerprint density at radius 2 is 1.73 bits per heavy atom. The van der Waals surface area contributed by atoms with Crippen LogP contribution in [0.1, 0.15) is 5.56 Å². The highest BCUT2D eigenvalue weighted by molar-refractivity contribution is 5.88. The van der Waals surface area contributed by atoms with Crippen LogP contribution in [0.2, 0.25) is 0 Å². The standard InChI is InChI=1S/C16H14N4O2/c21-13-8-6-11(7-9-13)17-10-14-15(19-20-16(14)22)18-12-4-2-1-3-5-12/h1-10,21H,(H3,18,19,20,22). The molecule has 0 spiro atoms. The molecule has 0 saturated heterocycles. The number of anilines is 2. The van der Waals surface area contributed by atoms with Crippen LogP contribution in [-0.4, -0.2) is 21.5 Å². The van der Waals surface area contributed by atoms with E-state index in [0.717, 1.165) is 5.69 Å². The van der Waals surface area contributed by atoms with Gasteiger partial charge in [0, 0.05) is 11.9 Å². The van der Waals surface area contributed by atoms with E-state index in [9.17, 15) is 9.90 Å². The Morgan fingerprint density at radius 1 is 1.00 bits per heavy atom. The number of benzene rings is 2. The Hall–Kier alpha value is -3.28. The largest absolute Gasteiger partial charge is 0.508 e. The van der Waals surface area contributed by atoms with Crippen LogP contribution < -0.4 is 10.9 Å². The van der Waals surface area contributed by atoms with E-state index in [-0.39, 0.29) is 11.3 Å². The molecule has 3 aromatic rings. The van der Waals surface area contributed by atoms with Crippen molar-refractivity contribution in [3.8, 4) is 5.75 Å². The third-order valence-corrected chi connectivity index (χ3v) is 3.05. The van der Waals surface area contributed by atoms with Crippen molar-refractivity contribution in [2.45, 2.75) is 0 Å². The lowest BCUT2D eigenvalue weighted by Gasteiger charge is -2.03. The molecule has 6 heteroatoms. The summed E-state index contributed by atoms with van der Waals surface area (Å²) in [5.74, 6) is 0.712. The molecule has 0 radical (unpaired) electrons. The summed E-state index contributed by atoms with van der Waals surface area (Å²) in [6, 6.07) is 15.9. The van der Waals surface area contributed by atoms with Gasteiger partial charge in [0.05, 0.1) is 5.69 Å². The van der Waals surface area contributed by atoms with Gasteiger partial charge in [0.2, 0.25) is 0 Å². The van der Waals surface area contributed by atoms with Gasteiger partial charge in [0.25, 0.3) is 5.56 Å². The molecule has 0 atom stereocenters. The summed E-state index contributed by atoms with van der Waals surface area (Å²) in [7, 11) is 0. The molecule has 0 aliphatic rings. The first-order valence-electron chi connectivity index (χ1n) is 6.68. The van der Waals surface area contributed by atoms with Crippen molar-refractivity contribution < 1.29 is 5.11 Å². The third-order valence-electron chi connectivity index (χ3n) is 3.05. The number of hydrogen-bond acceptors (Lipinski definition) is 4. The van der Waals surface area contributed by atoms with E-state index in [2.05, 4.69) is 20.5 Å². The van der Waals surface area contributed by atoms with E-state index in [1.807, 2.05) is 30.3 Å². The molecule has 0 amide bonds. The van der Waals surface area contributed by atoms with Gasteiger partial charge < -0.3 is 10.4 Å². The van der Waals surface area contributed by atoms with Gasteiger partial charge in [-0.25, -0.2) is 0 Å². The Kier molecular flexibility index (Phi) is 3.74. The zero-order valence-corrected chi connectivity index (χ0v) is 11.6. The van der Waals surface area contributed by atoms with Crippen molar-refractivity contribution in [3.05, 3.63) is 70.5 Å². The average molecular weight is 294 g/mol. The smallest absolute Gasteiger partial charge is 0.274 e. The van der Waals surface area contributed by atoms with E-state index in [1.54, 1.807) is 12.1 Å². The van der Waals surface area contributed by atoms with Gasteiger partial charge in [-0.05, 0) is 36.4 Å². The van der Waals surface area contributed by atoms with Crippen molar-refractivity contribution in [2.24, 2.45) is 4.99 Å². The number of nitrogens with zero attached hydrogens (tertiary/aromatic N) is 1. The maximum absolute atomic E-state index is 11.8. The molecule has 3 rings (SSSR count). The zero-order valence-electron chi connectivity index (χ0n) is 11.6. The Labute approximate surface area is 126 Å². The second-order valence-corrected chi connectivity index (χ2v) is 4.63. The first kappa shape index (κ1) is 13.7. The fraction of sp³-hybridized carbons (Fsp3) is 0. The van der Waals surface area contributed by atoms with Crippen LogP contribution in [0.4, 0.5) is 17.2 Å². The highest BCUT2D eigenvalue weighted by Gasteiger charge is 2.07. The summed E-state index contributed by atoms with van der Waals surface area (Å²) in [6.07, 6.45) is 1.48. The molecule has 0 aliphatic carbocycles. The molecule has 4 N–H and O–H groups in total. The van der Waals surface area contributed by atoms with Crippen LogP contribution in [0.5, 0.6) is 5.75 Å². The van der Waals surface area contributed by atoms with Gasteiger partial charge in [0.15, 0.2) is 0 Å². The Morgan fingerprint density at radius 3 is 2.45 bits per heavy atom. The fourth-order valence-corrected chi connectivity index (χ4v) is 1.93. The summed E-state index contributed by atoms with van der Waals surface area (Å²) in [4.78, 5) is 16.1. The maximum Gasteiger partial charge on any atom is 0.274 e. The van der Waals surface area contributed by atoms with Crippen molar-refractivity contribution in [1.82, 2.24) is 10.2 Å². The number of aromatic amines is 2. The van der Waals surface area contributed by atoms with Gasteiger partial charge in [-0.15, -0.1) is 0 Å². The molecule has 0 bridgehead atoms. The van der Waals surface area contributed by atoms with Gasteiger partial charge in [0.1, 0.15) is 17.1 Å². The van der Waals surface area contributed by atoms with E-state index in [0.29, 0.717) is 17.1 Å². The number of para-hydroxylation sites is 1. The van der Waals surface area contributed by atoms with Gasteiger partial charge in [-0.3, -0.25) is 20.0 Å². The average Bonchev–Trinajstić information content (AvgIpc) is 2.88. The lowest BCUT2D eigenvalue weighted by Crippen LogP contribution is -2.05. The predicted molar refractivity (Wildman–Crippen MR) is 86.5 cm³/mol. The normalized spacial score (nSPS) is 10.9. The predicted octanol–water partition coefficient (Wildman–Crippen LogP) is 2.90. The monoisotopic (exact) mass is 294 g/mol. The van der Waals surface area contributed by atoms with E-state index in [4.69, 9.17) is 0 Å². The number of aromatic hydroxyl groups is 1. The number of aliphatic imine (C=N–C) groups is 1. The van der Waals surface area contributed by atoms with Crippen LogP contribution in [0, 0.1) is 0 Å². The summed E-state index contributed by atoms with van der Waals surface area (Å²) in [6.45, 7) is 0. The van der Waals surface area contributed by atoms with E-state index in [1.165, 1.54) is 18.3 Å². The second-order valence-electron chi connectivity index (χ2n) is 4.63. The number of rotatable bonds is 4. The SMILES string of the molecule is O=c1[nH][nH]c(Nc2ccccc2)c1C=Nc1ccc(O)cc1. The maximum atomic E-state index is 11.8. The number of phenols is 1.